The Morgan fingerprint density at radius 2 is 0.643 bits per heavy atom. The number of carbonyl (C=O) groups is 4. The van der Waals surface area contributed by atoms with E-state index in [9.17, 15) is 19.2 Å². The molecule has 0 N–H and O–H groups in total. The van der Waals surface area contributed by atoms with Crippen molar-refractivity contribution in [3.63, 3.8) is 0 Å². The van der Waals surface area contributed by atoms with Crippen LogP contribution in [0.5, 0.6) is 0 Å². The Kier molecular flexibility index (Phi) is 28.0. The molecule has 0 saturated heterocycles. The molecule has 4 heteroatoms. The molecule has 2 aromatic carbocycles. The van der Waals surface area contributed by atoms with Crippen LogP contribution in [-0.4, -0.2) is 23.1 Å². The van der Waals surface area contributed by atoms with Crippen LogP contribution in [0.15, 0.2) is 48.5 Å². The number of benzene rings is 2. The summed E-state index contributed by atoms with van der Waals surface area (Å²) in [6.07, 6.45) is 45.8. The van der Waals surface area contributed by atoms with Crippen molar-refractivity contribution in [3.05, 3.63) is 70.8 Å². The summed E-state index contributed by atoms with van der Waals surface area (Å²) in [7, 11) is 0. The molecule has 4 unspecified atom stereocenters. The summed E-state index contributed by atoms with van der Waals surface area (Å²) in [6, 6.07) is 17.6. The van der Waals surface area contributed by atoms with Gasteiger partial charge in [0.2, 0.25) is 0 Å². The molecule has 4 nitrogen and oxygen atoms in total. The Hall–Kier alpha value is -2.88. The van der Waals surface area contributed by atoms with E-state index in [0.717, 1.165) is 55.1 Å². The second kappa shape index (κ2) is 33.8. The predicted octanol–water partition coefficient (Wildman–Crippen LogP) is 18.8. The lowest BCUT2D eigenvalue weighted by Gasteiger charge is -2.29. The van der Waals surface area contributed by atoms with Crippen molar-refractivity contribution in [2.24, 2.45) is 35.5 Å². The highest BCUT2D eigenvalue weighted by atomic mass is 16.2. The maximum absolute atomic E-state index is 13.0. The van der Waals surface area contributed by atoms with Gasteiger partial charge < -0.3 is 0 Å². The minimum Gasteiger partial charge on any atom is -0.299 e. The van der Waals surface area contributed by atoms with Crippen molar-refractivity contribution in [1.82, 2.24) is 0 Å². The highest BCUT2D eigenvalue weighted by Crippen LogP contribution is 2.40. The molecule has 6 rings (SSSR count). The number of hydrogen-bond acceptors (Lipinski definition) is 4. The molecule has 4 atom stereocenters. The Balaban J connectivity index is 0.000000261. The summed E-state index contributed by atoms with van der Waals surface area (Å²) >= 11 is 0. The van der Waals surface area contributed by atoms with Crippen molar-refractivity contribution < 1.29 is 19.2 Å². The van der Waals surface area contributed by atoms with Gasteiger partial charge in [-0.15, -0.1) is 0 Å². The largest absolute Gasteiger partial charge is 0.299 e. The molecule has 70 heavy (non-hydrogen) atoms. The van der Waals surface area contributed by atoms with E-state index in [1.54, 1.807) is 0 Å². The number of carbonyl (C=O) groups excluding carboxylic acids is 4. The van der Waals surface area contributed by atoms with Crippen LogP contribution < -0.4 is 0 Å². The van der Waals surface area contributed by atoms with Crippen molar-refractivity contribution >= 4 is 23.1 Å². The van der Waals surface area contributed by atoms with E-state index in [4.69, 9.17) is 0 Å². The quantitative estimate of drug-likeness (QED) is 0.0578. The number of rotatable bonds is 30. The number of unbranched alkanes of at least 4 members (excludes halogenated alkanes) is 14. The fraction of sp³-hybridized carbons (Fsp3) is 0.758. The first-order valence-corrected chi connectivity index (χ1v) is 30.5. The molecular formula is C66H104O4. The monoisotopic (exact) mass is 961 g/mol. The van der Waals surface area contributed by atoms with E-state index in [0.29, 0.717) is 49.4 Å². The third-order valence-corrected chi connectivity index (χ3v) is 18.0. The zero-order chi connectivity index (χ0) is 49.8. The number of Topliss-reactive ketones (excluding diaryl/α,β-unsaturated/α-hetero) is 4. The maximum atomic E-state index is 13.0. The molecule has 0 bridgehead atoms. The van der Waals surface area contributed by atoms with Gasteiger partial charge in [-0.2, -0.15) is 0 Å². The molecule has 4 saturated carbocycles. The SMILES string of the molecule is CCCCCCCC1CCC(c2ccc(CC(=O)C3CCC(CCCCC)CC3=O)cc2)CC1.CCCCCCCC1CCC(c2ccc(CC(=O)C3CCC(CCCCCCC)CC3=O)cc2)CC1. The van der Waals surface area contributed by atoms with Crippen LogP contribution in [-0.2, 0) is 32.0 Å². The van der Waals surface area contributed by atoms with Crippen molar-refractivity contribution in [2.75, 3.05) is 0 Å². The first kappa shape index (κ1) is 58.0. The molecule has 4 aliphatic rings. The summed E-state index contributed by atoms with van der Waals surface area (Å²) in [4.78, 5) is 51.3. The lowest BCUT2D eigenvalue weighted by molar-refractivity contribution is -0.136. The van der Waals surface area contributed by atoms with E-state index < -0.39 is 0 Å². The molecule has 0 heterocycles. The smallest absolute Gasteiger partial charge is 0.147 e. The van der Waals surface area contributed by atoms with Gasteiger partial charge in [-0.1, -0.05) is 217 Å². The van der Waals surface area contributed by atoms with Crippen molar-refractivity contribution in [3.8, 4) is 0 Å². The summed E-state index contributed by atoms with van der Waals surface area (Å²) < 4.78 is 0. The third kappa shape index (κ3) is 20.9. The molecule has 0 aliphatic heterocycles. The average Bonchev–Trinajstić information content (AvgIpc) is 3.37. The minimum atomic E-state index is -0.349. The van der Waals surface area contributed by atoms with Crippen LogP contribution in [0, 0.1) is 35.5 Å². The molecule has 0 radical (unpaired) electrons. The Morgan fingerprint density at radius 3 is 0.971 bits per heavy atom. The summed E-state index contributed by atoms with van der Waals surface area (Å²) in [5.41, 5.74) is 5.05. The van der Waals surface area contributed by atoms with E-state index in [2.05, 4.69) is 76.2 Å². The van der Waals surface area contributed by atoms with Crippen molar-refractivity contribution in [1.29, 1.82) is 0 Å². The highest BCUT2D eigenvalue weighted by molar-refractivity contribution is 6.04. The van der Waals surface area contributed by atoms with Gasteiger partial charge in [0.05, 0.1) is 11.8 Å². The fourth-order valence-electron chi connectivity index (χ4n) is 13.2. The molecular weight excluding hydrogens is 857 g/mol. The van der Waals surface area contributed by atoms with Crippen LogP contribution in [0.25, 0.3) is 0 Å². The maximum Gasteiger partial charge on any atom is 0.147 e. The first-order valence-electron chi connectivity index (χ1n) is 30.5. The minimum absolute atomic E-state index is 0.143. The van der Waals surface area contributed by atoms with Gasteiger partial charge in [0.1, 0.15) is 23.1 Å². The lowest BCUT2D eigenvalue weighted by atomic mass is 9.76. The summed E-state index contributed by atoms with van der Waals surface area (Å²) in [6.45, 7) is 9.03. The second-order valence-electron chi connectivity index (χ2n) is 23.6. The average molecular weight is 962 g/mol. The molecule has 0 aromatic heterocycles. The molecule has 0 amide bonds. The number of ketones is 4. The predicted molar refractivity (Wildman–Crippen MR) is 296 cm³/mol. The molecule has 392 valence electrons. The summed E-state index contributed by atoms with van der Waals surface area (Å²) in [5.74, 6) is 4.28. The van der Waals surface area contributed by atoms with E-state index >= 15 is 0 Å². The van der Waals surface area contributed by atoms with Gasteiger partial charge in [-0.05, 0) is 135 Å². The zero-order valence-corrected chi connectivity index (χ0v) is 45.7. The van der Waals surface area contributed by atoms with E-state index in [1.807, 2.05) is 0 Å². The zero-order valence-electron chi connectivity index (χ0n) is 45.7. The van der Waals surface area contributed by atoms with Gasteiger partial charge in [0, 0.05) is 25.7 Å². The van der Waals surface area contributed by atoms with Gasteiger partial charge in [0.15, 0.2) is 0 Å². The fourth-order valence-corrected chi connectivity index (χ4v) is 13.2. The van der Waals surface area contributed by atoms with Crippen LogP contribution >= 0.6 is 0 Å². The van der Waals surface area contributed by atoms with Crippen molar-refractivity contribution in [2.45, 2.75) is 284 Å². The van der Waals surface area contributed by atoms with Crippen LogP contribution in [0.4, 0.5) is 0 Å². The van der Waals surface area contributed by atoms with E-state index in [1.165, 1.54) is 197 Å². The van der Waals surface area contributed by atoms with Gasteiger partial charge in [-0.25, -0.2) is 0 Å². The summed E-state index contributed by atoms with van der Waals surface area (Å²) in [5, 5.41) is 0. The standard InChI is InChI=1S/C34H54O2.C32H50O2/c1-3-5-7-9-11-13-27-15-20-30(21-16-27)31-22-17-29(18-23-31)26-34(36)32-24-19-28(25-33(32)35)14-12-10-8-6-4-2;1-3-5-7-8-10-11-25-13-18-28(19-14-25)29-20-15-27(16-21-29)24-32(34)30-22-17-26(23-31(30)33)12-9-6-4-2/h17-18,22-23,27-28,30,32H,3-16,19-21,24-26H2,1-2H3;15-16,20-21,25-26,28,30H,3-14,17-19,22-24H2,1-2H3. The van der Waals surface area contributed by atoms with Crippen LogP contribution in [0.3, 0.4) is 0 Å². The third-order valence-electron chi connectivity index (χ3n) is 18.0. The van der Waals surface area contributed by atoms with Gasteiger partial charge >= 0.3 is 0 Å². The Bertz CT molecular complexity index is 1740. The second-order valence-corrected chi connectivity index (χ2v) is 23.6. The molecule has 0 spiro atoms. The van der Waals surface area contributed by atoms with Gasteiger partial charge in [0.25, 0.3) is 0 Å². The lowest BCUT2D eigenvalue weighted by Crippen LogP contribution is -2.32. The molecule has 2 aromatic rings. The Morgan fingerprint density at radius 1 is 0.357 bits per heavy atom. The Labute approximate surface area is 430 Å². The topological polar surface area (TPSA) is 68.3 Å². The number of hydrogen-bond donors (Lipinski definition) is 0. The highest BCUT2D eigenvalue weighted by Gasteiger charge is 2.34. The van der Waals surface area contributed by atoms with Crippen LogP contribution in [0.2, 0.25) is 0 Å². The molecule has 4 aliphatic carbocycles. The van der Waals surface area contributed by atoms with Gasteiger partial charge in [-0.3, -0.25) is 19.2 Å². The van der Waals surface area contributed by atoms with Crippen LogP contribution in [0.1, 0.15) is 293 Å². The normalized spacial score (nSPS) is 25.0. The first-order chi connectivity index (χ1) is 34.2. The molecule has 4 fully saturated rings. The van der Waals surface area contributed by atoms with E-state index in [-0.39, 0.29) is 35.0 Å².